The van der Waals surface area contributed by atoms with Gasteiger partial charge in [0.15, 0.2) is 0 Å². The van der Waals surface area contributed by atoms with Gasteiger partial charge < -0.3 is 10.1 Å². The van der Waals surface area contributed by atoms with E-state index >= 15 is 0 Å². The maximum absolute atomic E-state index is 5.91. The lowest BCUT2D eigenvalue weighted by atomic mass is 9.61. The zero-order valence-corrected chi connectivity index (χ0v) is 13.5. The minimum atomic E-state index is 0.347. The Labute approximate surface area is 119 Å². The molecule has 2 fully saturated rings. The van der Waals surface area contributed by atoms with Crippen molar-refractivity contribution >= 4 is 0 Å². The normalized spacial score (nSPS) is 46.9. The fourth-order valence-corrected chi connectivity index (χ4v) is 4.38. The van der Waals surface area contributed by atoms with Crippen molar-refractivity contribution in [1.29, 1.82) is 0 Å². The maximum Gasteiger partial charge on any atom is 0.0658 e. The molecule has 2 aliphatic rings. The van der Waals surface area contributed by atoms with E-state index in [0.717, 1.165) is 24.5 Å². The van der Waals surface area contributed by atoms with Gasteiger partial charge in [-0.25, -0.2) is 0 Å². The quantitative estimate of drug-likeness (QED) is 0.813. The molecular formula is C17H33NO. The van der Waals surface area contributed by atoms with E-state index in [9.17, 15) is 0 Å². The monoisotopic (exact) mass is 267 g/mol. The molecule has 2 saturated carbocycles. The summed E-state index contributed by atoms with van der Waals surface area (Å²) in [7, 11) is 0. The standard InChI is InChI=1S/C17H33NO/c1-6-17(5)15(11-16(17)19-7-2)18-14-9-12(3)8-13(4)10-14/h12-16,18H,6-11H2,1-5H3. The molecule has 0 saturated heterocycles. The summed E-state index contributed by atoms with van der Waals surface area (Å²) in [6.45, 7) is 12.5. The van der Waals surface area contributed by atoms with Crippen LogP contribution in [0, 0.1) is 17.3 Å². The number of ether oxygens (including phenoxy) is 1. The second kappa shape index (κ2) is 6.13. The Morgan fingerprint density at radius 3 is 2.21 bits per heavy atom. The Bertz CT molecular complexity index is 283. The predicted molar refractivity (Wildman–Crippen MR) is 81.3 cm³/mol. The van der Waals surface area contributed by atoms with E-state index in [0.29, 0.717) is 17.6 Å². The van der Waals surface area contributed by atoms with Gasteiger partial charge in [-0.2, -0.15) is 0 Å². The molecule has 5 unspecified atom stereocenters. The van der Waals surface area contributed by atoms with E-state index in [2.05, 4.69) is 39.9 Å². The molecule has 0 aromatic rings. The van der Waals surface area contributed by atoms with Gasteiger partial charge in [-0.15, -0.1) is 0 Å². The summed E-state index contributed by atoms with van der Waals surface area (Å²) >= 11 is 0. The number of hydrogen-bond acceptors (Lipinski definition) is 2. The minimum absolute atomic E-state index is 0.347. The molecule has 0 aromatic heterocycles. The third-order valence-corrected chi connectivity index (χ3v) is 5.73. The summed E-state index contributed by atoms with van der Waals surface area (Å²) in [4.78, 5) is 0. The maximum atomic E-state index is 5.91. The van der Waals surface area contributed by atoms with Crippen LogP contribution in [0.15, 0.2) is 0 Å². The van der Waals surface area contributed by atoms with E-state index < -0.39 is 0 Å². The van der Waals surface area contributed by atoms with Crippen molar-refractivity contribution in [2.24, 2.45) is 17.3 Å². The van der Waals surface area contributed by atoms with Crippen LogP contribution in [-0.4, -0.2) is 24.8 Å². The van der Waals surface area contributed by atoms with Crippen LogP contribution in [0.5, 0.6) is 0 Å². The molecule has 0 amide bonds. The van der Waals surface area contributed by atoms with Crippen LogP contribution in [0.4, 0.5) is 0 Å². The van der Waals surface area contributed by atoms with E-state index in [1.54, 1.807) is 0 Å². The number of nitrogens with one attached hydrogen (secondary N) is 1. The first-order valence-electron chi connectivity index (χ1n) is 8.37. The Morgan fingerprint density at radius 1 is 1.05 bits per heavy atom. The van der Waals surface area contributed by atoms with Gasteiger partial charge in [0.2, 0.25) is 0 Å². The van der Waals surface area contributed by atoms with Crippen molar-refractivity contribution in [2.45, 2.75) is 84.9 Å². The van der Waals surface area contributed by atoms with Gasteiger partial charge in [-0.3, -0.25) is 0 Å². The van der Waals surface area contributed by atoms with Gasteiger partial charge in [0.25, 0.3) is 0 Å². The highest BCUT2D eigenvalue weighted by Gasteiger charge is 2.51. The molecule has 2 rings (SSSR count). The highest BCUT2D eigenvalue weighted by atomic mass is 16.5. The SMILES string of the molecule is CCOC1CC(NC2CC(C)CC(C)C2)C1(C)CC. The molecule has 5 atom stereocenters. The van der Waals surface area contributed by atoms with Gasteiger partial charge in [-0.1, -0.05) is 27.7 Å². The van der Waals surface area contributed by atoms with Crippen LogP contribution >= 0.6 is 0 Å². The van der Waals surface area contributed by atoms with Crippen molar-refractivity contribution in [1.82, 2.24) is 5.32 Å². The molecule has 112 valence electrons. The first-order chi connectivity index (χ1) is 8.99. The first kappa shape index (κ1) is 15.3. The summed E-state index contributed by atoms with van der Waals surface area (Å²) < 4.78 is 5.91. The predicted octanol–water partition coefficient (Wildman–Crippen LogP) is 3.99. The van der Waals surface area contributed by atoms with Gasteiger partial charge in [-0.05, 0) is 50.9 Å². The Kier molecular flexibility index (Phi) is 4.94. The molecule has 0 radical (unpaired) electrons. The Hall–Kier alpha value is -0.0800. The third-order valence-electron chi connectivity index (χ3n) is 5.73. The zero-order chi connectivity index (χ0) is 14.0. The minimum Gasteiger partial charge on any atom is -0.378 e. The van der Waals surface area contributed by atoms with E-state index in [1.807, 2.05) is 0 Å². The smallest absolute Gasteiger partial charge is 0.0658 e. The van der Waals surface area contributed by atoms with Crippen LogP contribution < -0.4 is 5.32 Å². The van der Waals surface area contributed by atoms with E-state index in [4.69, 9.17) is 4.74 Å². The lowest BCUT2D eigenvalue weighted by molar-refractivity contribution is -0.129. The highest BCUT2D eigenvalue weighted by molar-refractivity contribution is 5.06. The number of hydrogen-bond donors (Lipinski definition) is 1. The van der Waals surface area contributed by atoms with Crippen molar-refractivity contribution in [3.8, 4) is 0 Å². The molecule has 1 N–H and O–H groups in total. The van der Waals surface area contributed by atoms with E-state index in [-0.39, 0.29) is 0 Å². The Balaban J connectivity index is 1.89. The van der Waals surface area contributed by atoms with Crippen molar-refractivity contribution in [3.63, 3.8) is 0 Å². The van der Waals surface area contributed by atoms with Crippen molar-refractivity contribution in [3.05, 3.63) is 0 Å². The van der Waals surface area contributed by atoms with Crippen LogP contribution in [-0.2, 0) is 4.74 Å². The molecule has 0 spiro atoms. The molecule has 0 heterocycles. The fraction of sp³-hybridized carbons (Fsp3) is 1.00. The summed E-state index contributed by atoms with van der Waals surface area (Å²) in [6.07, 6.45) is 7.03. The summed E-state index contributed by atoms with van der Waals surface area (Å²) in [5.74, 6) is 1.77. The lowest BCUT2D eigenvalue weighted by Gasteiger charge is -2.55. The van der Waals surface area contributed by atoms with Crippen molar-refractivity contribution in [2.75, 3.05) is 6.61 Å². The van der Waals surface area contributed by atoms with Gasteiger partial charge >= 0.3 is 0 Å². The van der Waals surface area contributed by atoms with Gasteiger partial charge in [0.05, 0.1) is 6.10 Å². The summed E-state index contributed by atoms with van der Waals surface area (Å²) in [6, 6.07) is 1.40. The third kappa shape index (κ3) is 3.16. The van der Waals surface area contributed by atoms with Gasteiger partial charge in [0.1, 0.15) is 0 Å². The Morgan fingerprint density at radius 2 is 1.68 bits per heavy atom. The van der Waals surface area contributed by atoms with Crippen molar-refractivity contribution < 1.29 is 4.74 Å². The first-order valence-corrected chi connectivity index (χ1v) is 8.37. The molecule has 2 aliphatic carbocycles. The van der Waals surface area contributed by atoms with E-state index in [1.165, 1.54) is 32.1 Å². The second-order valence-electron chi connectivity index (χ2n) is 7.37. The summed E-state index contributed by atoms with van der Waals surface area (Å²) in [5.41, 5.74) is 0.347. The molecule has 2 nitrogen and oxygen atoms in total. The number of rotatable bonds is 5. The molecule has 0 aliphatic heterocycles. The second-order valence-corrected chi connectivity index (χ2v) is 7.37. The molecule has 19 heavy (non-hydrogen) atoms. The average Bonchev–Trinajstić information content (AvgIpc) is 2.35. The van der Waals surface area contributed by atoms with Crippen LogP contribution in [0.25, 0.3) is 0 Å². The largest absolute Gasteiger partial charge is 0.378 e. The highest BCUT2D eigenvalue weighted by Crippen LogP contribution is 2.46. The van der Waals surface area contributed by atoms with Crippen LogP contribution in [0.3, 0.4) is 0 Å². The lowest BCUT2D eigenvalue weighted by Crippen LogP contribution is -2.64. The summed E-state index contributed by atoms with van der Waals surface area (Å²) in [5, 5.41) is 3.97. The fourth-order valence-electron chi connectivity index (χ4n) is 4.38. The van der Waals surface area contributed by atoms with Crippen LogP contribution in [0.2, 0.25) is 0 Å². The van der Waals surface area contributed by atoms with Crippen LogP contribution in [0.1, 0.15) is 66.7 Å². The topological polar surface area (TPSA) is 21.3 Å². The van der Waals surface area contributed by atoms with Gasteiger partial charge in [0, 0.05) is 24.1 Å². The zero-order valence-electron chi connectivity index (χ0n) is 13.5. The average molecular weight is 267 g/mol. The molecule has 0 bridgehead atoms. The molecule has 2 heteroatoms. The molecular weight excluding hydrogens is 234 g/mol. The molecule has 0 aromatic carbocycles.